The molecule has 112 valence electrons. The van der Waals surface area contributed by atoms with Gasteiger partial charge in [-0.2, -0.15) is 0 Å². The van der Waals surface area contributed by atoms with Crippen molar-refractivity contribution in [1.29, 1.82) is 0 Å². The van der Waals surface area contributed by atoms with Gasteiger partial charge in [0, 0.05) is 18.7 Å². The van der Waals surface area contributed by atoms with E-state index in [0.29, 0.717) is 17.5 Å². The number of carboxylic acid groups (broad SMARTS) is 1. The summed E-state index contributed by atoms with van der Waals surface area (Å²) in [6.45, 7) is 6.00. The second-order valence-corrected chi connectivity index (χ2v) is 5.07. The average molecular weight is 280 g/mol. The molecule has 1 aromatic rings. The van der Waals surface area contributed by atoms with Crippen molar-refractivity contribution in [3.63, 3.8) is 0 Å². The van der Waals surface area contributed by atoms with Crippen LogP contribution in [0.15, 0.2) is 18.2 Å². The monoisotopic (exact) mass is 280 g/mol. The van der Waals surface area contributed by atoms with Gasteiger partial charge in [0.15, 0.2) is 0 Å². The number of nitrogens with zero attached hydrogens (tertiary/aromatic N) is 1. The molecule has 1 aromatic carbocycles. The van der Waals surface area contributed by atoms with Gasteiger partial charge < -0.3 is 20.1 Å². The lowest BCUT2D eigenvalue weighted by atomic mass is 10.1. The highest BCUT2D eigenvalue weighted by atomic mass is 16.5. The van der Waals surface area contributed by atoms with Crippen molar-refractivity contribution in [2.24, 2.45) is 0 Å². The van der Waals surface area contributed by atoms with Crippen LogP contribution in [-0.4, -0.2) is 49.3 Å². The molecule has 0 aromatic heterocycles. The average Bonchev–Trinajstić information content (AvgIpc) is 2.42. The topological polar surface area (TPSA) is 61.8 Å². The number of anilines is 1. The molecular weight excluding hydrogens is 256 g/mol. The molecule has 0 radical (unpaired) electrons. The molecule has 0 heterocycles. The van der Waals surface area contributed by atoms with E-state index in [1.165, 1.54) is 0 Å². The second kappa shape index (κ2) is 7.75. The smallest absolute Gasteiger partial charge is 0.337 e. The Labute approximate surface area is 120 Å². The van der Waals surface area contributed by atoms with Crippen LogP contribution in [0.25, 0.3) is 0 Å². The highest BCUT2D eigenvalue weighted by molar-refractivity contribution is 5.94. The lowest BCUT2D eigenvalue weighted by Gasteiger charge is -2.21. The van der Waals surface area contributed by atoms with Crippen LogP contribution in [0.2, 0.25) is 0 Å². The molecular formula is C15H24N2O3. The van der Waals surface area contributed by atoms with Crippen molar-refractivity contribution >= 4 is 11.7 Å². The van der Waals surface area contributed by atoms with E-state index in [-0.39, 0.29) is 5.56 Å². The van der Waals surface area contributed by atoms with Crippen molar-refractivity contribution in [2.75, 3.05) is 32.6 Å². The summed E-state index contributed by atoms with van der Waals surface area (Å²) in [5.74, 6) is -0.286. The number of ether oxygens (including phenoxy) is 1. The summed E-state index contributed by atoms with van der Waals surface area (Å²) < 4.78 is 5.12. The van der Waals surface area contributed by atoms with Gasteiger partial charge in [-0.05, 0) is 46.0 Å². The number of rotatable bonds is 8. The summed E-state index contributed by atoms with van der Waals surface area (Å²) >= 11 is 0. The molecule has 5 nitrogen and oxygen atoms in total. The maximum atomic E-state index is 11.2. The Balaban J connectivity index is 2.60. The third kappa shape index (κ3) is 4.74. The molecule has 0 unspecified atom stereocenters. The highest BCUT2D eigenvalue weighted by Gasteiger charge is 2.11. The van der Waals surface area contributed by atoms with Gasteiger partial charge in [-0.15, -0.1) is 0 Å². The molecule has 0 atom stereocenters. The third-order valence-corrected chi connectivity index (χ3v) is 3.34. The molecule has 0 spiro atoms. The maximum absolute atomic E-state index is 11.2. The normalized spacial score (nSPS) is 10.9. The van der Waals surface area contributed by atoms with Crippen LogP contribution in [-0.2, 0) is 0 Å². The van der Waals surface area contributed by atoms with E-state index in [4.69, 9.17) is 9.84 Å². The highest BCUT2D eigenvalue weighted by Crippen LogP contribution is 2.22. The fraction of sp³-hybridized carbons (Fsp3) is 0.533. The summed E-state index contributed by atoms with van der Waals surface area (Å²) in [7, 11) is 3.65. The second-order valence-electron chi connectivity index (χ2n) is 5.07. The SMILES string of the molecule is COc1ccc(C(=O)O)c(NCCCN(C)C(C)C)c1. The first-order chi connectivity index (χ1) is 9.45. The Bertz CT molecular complexity index is 447. The zero-order chi connectivity index (χ0) is 15.1. The maximum Gasteiger partial charge on any atom is 0.337 e. The molecule has 0 aliphatic carbocycles. The molecule has 2 N–H and O–H groups in total. The lowest BCUT2D eigenvalue weighted by molar-refractivity contribution is 0.0698. The summed E-state index contributed by atoms with van der Waals surface area (Å²) in [6.07, 6.45) is 0.949. The molecule has 0 aliphatic rings. The molecule has 0 saturated carbocycles. The molecule has 5 heteroatoms. The summed E-state index contributed by atoms with van der Waals surface area (Å²) in [6, 6.07) is 5.45. The van der Waals surface area contributed by atoms with E-state index in [9.17, 15) is 4.79 Å². The molecule has 0 amide bonds. The van der Waals surface area contributed by atoms with Crippen LogP contribution < -0.4 is 10.1 Å². The third-order valence-electron chi connectivity index (χ3n) is 3.34. The molecule has 0 saturated heterocycles. The Morgan fingerprint density at radius 3 is 2.70 bits per heavy atom. The summed E-state index contributed by atoms with van der Waals surface area (Å²) in [5, 5.41) is 12.3. The fourth-order valence-corrected chi connectivity index (χ4v) is 1.79. The van der Waals surface area contributed by atoms with Crippen molar-refractivity contribution < 1.29 is 14.6 Å². The van der Waals surface area contributed by atoms with Crippen molar-refractivity contribution in [3.8, 4) is 5.75 Å². The number of hydrogen-bond acceptors (Lipinski definition) is 4. The van der Waals surface area contributed by atoms with Crippen molar-refractivity contribution in [2.45, 2.75) is 26.3 Å². The Morgan fingerprint density at radius 2 is 2.15 bits per heavy atom. The van der Waals surface area contributed by atoms with Crippen LogP contribution in [0.5, 0.6) is 5.75 Å². The number of benzene rings is 1. The van der Waals surface area contributed by atoms with Gasteiger partial charge in [-0.3, -0.25) is 0 Å². The van der Waals surface area contributed by atoms with Gasteiger partial charge in [0.2, 0.25) is 0 Å². The lowest BCUT2D eigenvalue weighted by Crippen LogP contribution is -2.28. The van der Waals surface area contributed by atoms with Gasteiger partial charge in [-0.25, -0.2) is 4.79 Å². The van der Waals surface area contributed by atoms with E-state index in [1.807, 2.05) is 0 Å². The van der Waals surface area contributed by atoms with E-state index >= 15 is 0 Å². The van der Waals surface area contributed by atoms with Gasteiger partial charge in [0.1, 0.15) is 5.75 Å². The minimum absolute atomic E-state index is 0.267. The van der Waals surface area contributed by atoms with Crippen LogP contribution in [0.1, 0.15) is 30.6 Å². The first-order valence-electron chi connectivity index (χ1n) is 6.81. The summed E-state index contributed by atoms with van der Waals surface area (Å²) in [5.41, 5.74) is 0.868. The summed E-state index contributed by atoms with van der Waals surface area (Å²) in [4.78, 5) is 13.4. The largest absolute Gasteiger partial charge is 0.497 e. The van der Waals surface area contributed by atoms with Crippen molar-refractivity contribution in [1.82, 2.24) is 4.90 Å². The van der Waals surface area contributed by atoms with E-state index in [2.05, 4.69) is 31.1 Å². The van der Waals surface area contributed by atoms with Gasteiger partial charge >= 0.3 is 5.97 Å². The molecule has 0 fully saturated rings. The van der Waals surface area contributed by atoms with Crippen LogP contribution >= 0.6 is 0 Å². The minimum atomic E-state index is -0.936. The fourth-order valence-electron chi connectivity index (χ4n) is 1.79. The Kier molecular flexibility index (Phi) is 6.31. The van der Waals surface area contributed by atoms with Crippen LogP contribution in [0.4, 0.5) is 5.69 Å². The number of aromatic carboxylic acids is 1. The van der Waals surface area contributed by atoms with Gasteiger partial charge in [0.05, 0.1) is 18.4 Å². The van der Waals surface area contributed by atoms with E-state index in [0.717, 1.165) is 19.5 Å². The predicted molar refractivity (Wildman–Crippen MR) is 80.8 cm³/mol. The minimum Gasteiger partial charge on any atom is -0.497 e. The number of carboxylic acids is 1. The quantitative estimate of drug-likeness (QED) is 0.717. The molecule has 20 heavy (non-hydrogen) atoms. The van der Waals surface area contributed by atoms with E-state index < -0.39 is 5.97 Å². The first-order valence-corrected chi connectivity index (χ1v) is 6.81. The molecule has 0 bridgehead atoms. The van der Waals surface area contributed by atoms with Crippen molar-refractivity contribution in [3.05, 3.63) is 23.8 Å². The van der Waals surface area contributed by atoms with Gasteiger partial charge in [-0.1, -0.05) is 0 Å². The first kappa shape index (κ1) is 16.3. The van der Waals surface area contributed by atoms with Crippen LogP contribution in [0.3, 0.4) is 0 Å². The number of carbonyl (C=O) groups is 1. The Morgan fingerprint density at radius 1 is 1.45 bits per heavy atom. The van der Waals surface area contributed by atoms with E-state index in [1.54, 1.807) is 25.3 Å². The number of nitrogens with one attached hydrogen (secondary N) is 1. The zero-order valence-electron chi connectivity index (χ0n) is 12.6. The zero-order valence-corrected chi connectivity index (χ0v) is 12.6. The molecule has 0 aliphatic heterocycles. The predicted octanol–water partition coefficient (Wildman–Crippen LogP) is 2.54. The standard InChI is InChI=1S/C15H24N2O3/c1-11(2)17(3)9-5-8-16-14-10-12(20-4)6-7-13(14)15(18)19/h6-7,10-11,16H,5,8-9H2,1-4H3,(H,18,19). The number of hydrogen-bond donors (Lipinski definition) is 2. The van der Waals surface area contributed by atoms with Gasteiger partial charge in [0.25, 0.3) is 0 Å². The Hall–Kier alpha value is -1.75. The number of methoxy groups -OCH3 is 1. The molecule has 1 rings (SSSR count). The van der Waals surface area contributed by atoms with Crippen LogP contribution in [0, 0.1) is 0 Å².